The van der Waals surface area contributed by atoms with Crippen LogP contribution >= 0.6 is 12.6 Å². The number of rotatable bonds is 0. The SMILES string of the molecule is CN1CCc2cc3c(cc2C1S)OCCO3. The Bertz CT molecular complexity index is 422. The molecule has 3 nitrogen and oxygen atoms in total. The Balaban J connectivity index is 2.06. The average molecular weight is 237 g/mol. The number of hydrogen-bond donors (Lipinski definition) is 1. The maximum Gasteiger partial charge on any atom is 0.161 e. The van der Waals surface area contributed by atoms with Crippen molar-refractivity contribution in [2.24, 2.45) is 0 Å². The minimum Gasteiger partial charge on any atom is -0.486 e. The zero-order chi connectivity index (χ0) is 11.1. The van der Waals surface area contributed by atoms with Gasteiger partial charge in [-0.05, 0) is 36.7 Å². The van der Waals surface area contributed by atoms with Crippen molar-refractivity contribution < 1.29 is 9.47 Å². The van der Waals surface area contributed by atoms with Gasteiger partial charge in [-0.2, -0.15) is 12.6 Å². The summed E-state index contributed by atoms with van der Waals surface area (Å²) >= 11 is 4.63. The first-order valence-electron chi connectivity index (χ1n) is 5.56. The van der Waals surface area contributed by atoms with Crippen LogP contribution in [0.1, 0.15) is 16.5 Å². The Morgan fingerprint density at radius 1 is 1.25 bits per heavy atom. The maximum absolute atomic E-state index is 5.60. The van der Waals surface area contributed by atoms with Crippen molar-refractivity contribution in [2.45, 2.75) is 11.8 Å². The second kappa shape index (κ2) is 3.86. The van der Waals surface area contributed by atoms with Crippen molar-refractivity contribution in [2.75, 3.05) is 26.8 Å². The number of nitrogens with zero attached hydrogens (tertiary/aromatic N) is 1. The van der Waals surface area contributed by atoms with Gasteiger partial charge in [0.15, 0.2) is 11.5 Å². The van der Waals surface area contributed by atoms with Crippen LogP contribution in [0, 0.1) is 0 Å². The molecule has 1 unspecified atom stereocenters. The van der Waals surface area contributed by atoms with E-state index in [-0.39, 0.29) is 5.37 Å². The number of fused-ring (bicyclic) bond motifs is 2. The van der Waals surface area contributed by atoms with Gasteiger partial charge in [-0.3, -0.25) is 4.90 Å². The zero-order valence-corrected chi connectivity index (χ0v) is 10.2. The summed E-state index contributed by atoms with van der Waals surface area (Å²) < 4.78 is 11.2. The van der Waals surface area contributed by atoms with Gasteiger partial charge in [0, 0.05) is 6.54 Å². The van der Waals surface area contributed by atoms with E-state index < -0.39 is 0 Å². The van der Waals surface area contributed by atoms with Gasteiger partial charge in [0.25, 0.3) is 0 Å². The molecule has 1 aromatic carbocycles. The molecule has 1 aromatic rings. The molecule has 0 radical (unpaired) electrons. The molecule has 1 atom stereocenters. The van der Waals surface area contributed by atoms with Crippen LogP contribution in [0.25, 0.3) is 0 Å². The van der Waals surface area contributed by atoms with E-state index in [4.69, 9.17) is 9.47 Å². The van der Waals surface area contributed by atoms with E-state index in [0.717, 1.165) is 24.5 Å². The van der Waals surface area contributed by atoms with Gasteiger partial charge in [0.2, 0.25) is 0 Å². The van der Waals surface area contributed by atoms with Gasteiger partial charge in [-0.1, -0.05) is 0 Å². The summed E-state index contributed by atoms with van der Waals surface area (Å²) in [6.45, 7) is 2.33. The molecule has 0 spiro atoms. The monoisotopic (exact) mass is 237 g/mol. The fourth-order valence-corrected chi connectivity index (χ4v) is 2.62. The summed E-state index contributed by atoms with van der Waals surface area (Å²) in [6, 6.07) is 4.19. The van der Waals surface area contributed by atoms with Crippen LogP contribution in [0.2, 0.25) is 0 Å². The second-order valence-corrected chi connectivity index (χ2v) is 4.79. The highest BCUT2D eigenvalue weighted by molar-refractivity contribution is 7.80. The van der Waals surface area contributed by atoms with Crippen molar-refractivity contribution >= 4 is 12.6 Å². The van der Waals surface area contributed by atoms with E-state index in [1.54, 1.807) is 0 Å². The first-order valence-corrected chi connectivity index (χ1v) is 6.08. The molecule has 4 heteroatoms. The minimum absolute atomic E-state index is 0.166. The number of thiol groups is 1. The minimum atomic E-state index is 0.166. The van der Waals surface area contributed by atoms with Crippen LogP contribution in [0.4, 0.5) is 0 Å². The van der Waals surface area contributed by atoms with Crippen molar-refractivity contribution in [3.8, 4) is 11.5 Å². The summed E-state index contributed by atoms with van der Waals surface area (Å²) in [5.41, 5.74) is 2.59. The molecule has 2 aliphatic rings. The lowest BCUT2D eigenvalue weighted by atomic mass is 9.99. The lowest BCUT2D eigenvalue weighted by Gasteiger charge is -2.32. The number of ether oxygens (including phenoxy) is 2. The van der Waals surface area contributed by atoms with Gasteiger partial charge in [0.05, 0.1) is 5.37 Å². The molecule has 0 aliphatic carbocycles. The third-order valence-corrected chi connectivity index (χ3v) is 3.91. The molecule has 0 fully saturated rings. The van der Waals surface area contributed by atoms with Crippen LogP contribution in [0.3, 0.4) is 0 Å². The van der Waals surface area contributed by atoms with E-state index in [0.29, 0.717) is 13.2 Å². The molecule has 0 aromatic heterocycles. The summed E-state index contributed by atoms with van der Waals surface area (Å²) in [4.78, 5) is 2.24. The molecule has 0 saturated carbocycles. The molecule has 0 saturated heterocycles. The highest BCUT2D eigenvalue weighted by atomic mass is 32.1. The highest BCUT2D eigenvalue weighted by Crippen LogP contribution is 2.40. The van der Waals surface area contributed by atoms with Crippen LogP contribution in [0.5, 0.6) is 11.5 Å². The van der Waals surface area contributed by atoms with Gasteiger partial charge in [0.1, 0.15) is 13.2 Å². The lowest BCUT2D eigenvalue weighted by molar-refractivity contribution is 0.170. The van der Waals surface area contributed by atoms with Gasteiger partial charge >= 0.3 is 0 Å². The fraction of sp³-hybridized carbons (Fsp3) is 0.500. The normalized spacial score (nSPS) is 24.0. The average Bonchev–Trinajstić information content (AvgIpc) is 2.32. The molecule has 0 N–H and O–H groups in total. The summed E-state index contributed by atoms with van der Waals surface area (Å²) in [7, 11) is 2.09. The molecule has 0 bridgehead atoms. The van der Waals surface area contributed by atoms with E-state index >= 15 is 0 Å². The van der Waals surface area contributed by atoms with Crippen LogP contribution < -0.4 is 9.47 Å². The Kier molecular flexibility index (Phi) is 2.48. The van der Waals surface area contributed by atoms with E-state index in [1.807, 2.05) is 0 Å². The standard InChI is InChI=1S/C12H15NO2S/c1-13-3-2-8-6-10-11(15-5-4-14-10)7-9(8)12(13)16/h6-7,12,16H,2-5H2,1H3. The van der Waals surface area contributed by atoms with Crippen molar-refractivity contribution in [1.29, 1.82) is 0 Å². The summed E-state index contributed by atoms with van der Waals surface area (Å²) in [5.74, 6) is 1.74. The molecular weight excluding hydrogens is 222 g/mol. The largest absolute Gasteiger partial charge is 0.486 e. The van der Waals surface area contributed by atoms with Gasteiger partial charge < -0.3 is 9.47 Å². The Morgan fingerprint density at radius 2 is 1.94 bits per heavy atom. The van der Waals surface area contributed by atoms with E-state index in [9.17, 15) is 0 Å². The van der Waals surface area contributed by atoms with Gasteiger partial charge in [-0.25, -0.2) is 0 Å². The molecule has 2 heterocycles. The lowest BCUT2D eigenvalue weighted by Crippen LogP contribution is -2.29. The fourth-order valence-electron chi connectivity index (χ4n) is 2.26. The van der Waals surface area contributed by atoms with Gasteiger partial charge in [-0.15, -0.1) is 0 Å². The summed E-state index contributed by atoms with van der Waals surface area (Å²) in [6.07, 6.45) is 1.06. The second-order valence-electron chi connectivity index (χ2n) is 4.30. The molecule has 16 heavy (non-hydrogen) atoms. The Hall–Kier alpha value is -0.870. The third kappa shape index (κ3) is 1.57. The zero-order valence-electron chi connectivity index (χ0n) is 9.27. The van der Waals surface area contributed by atoms with Crippen molar-refractivity contribution in [3.05, 3.63) is 23.3 Å². The molecular formula is C12H15NO2S. The molecule has 2 aliphatic heterocycles. The smallest absolute Gasteiger partial charge is 0.161 e. The van der Waals surface area contributed by atoms with Crippen molar-refractivity contribution in [1.82, 2.24) is 4.90 Å². The molecule has 0 amide bonds. The van der Waals surface area contributed by atoms with E-state index in [1.165, 1.54) is 11.1 Å². The highest BCUT2D eigenvalue weighted by Gasteiger charge is 2.25. The number of likely N-dealkylation sites (N-methyl/N-ethyl adjacent to an activating group) is 1. The predicted molar refractivity (Wildman–Crippen MR) is 65.5 cm³/mol. The Morgan fingerprint density at radius 3 is 2.69 bits per heavy atom. The van der Waals surface area contributed by atoms with Crippen LogP contribution in [-0.2, 0) is 6.42 Å². The van der Waals surface area contributed by atoms with E-state index in [2.05, 4.69) is 36.7 Å². The van der Waals surface area contributed by atoms with Crippen molar-refractivity contribution in [3.63, 3.8) is 0 Å². The molecule has 3 rings (SSSR count). The first-order chi connectivity index (χ1) is 7.75. The molecule has 86 valence electrons. The quantitative estimate of drug-likeness (QED) is 0.696. The van der Waals surface area contributed by atoms with Crippen LogP contribution in [-0.4, -0.2) is 31.7 Å². The summed E-state index contributed by atoms with van der Waals surface area (Å²) in [5, 5.41) is 0.166. The predicted octanol–water partition coefficient (Wildman–Crippen LogP) is 1.87. The maximum atomic E-state index is 5.60. The first kappa shape index (κ1) is 10.3. The third-order valence-electron chi connectivity index (χ3n) is 3.23. The van der Waals surface area contributed by atoms with Crippen LogP contribution in [0.15, 0.2) is 12.1 Å². The number of benzene rings is 1. The topological polar surface area (TPSA) is 21.7 Å². The number of hydrogen-bond acceptors (Lipinski definition) is 4. The Labute approximate surface area is 101 Å².